The summed E-state index contributed by atoms with van der Waals surface area (Å²) in [6.45, 7) is 2.32. The Balaban J connectivity index is 2.91. The Kier molecular flexibility index (Phi) is 4.60. The maximum Gasteiger partial charge on any atom is 0.338 e. The average Bonchev–Trinajstić information content (AvgIpc) is 2.21. The lowest BCUT2D eigenvalue weighted by Gasteiger charge is -2.06. The number of rotatable bonds is 3. The van der Waals surface area contributed by atoms with E-state index in [4.69, 9.17) is 4.74 Å². The summed E-state index contributed by atoms with van der Waals surface area (Å²) in [5, 5.41) is 9.44. The molecule has 0 spiro atoms. The molecule has 82 valence electrons. The predicted molar refractivity (Wildman–Crippen MR) is 64.1 cm³/mol. The Morgan fingerprint density at radius 1 is 1.40 bits per heavy atom. The van der Waals surface area contributed by atoms with Gasteiger partial charge in [0, 0.05) is 0 Å². The molecule has 0 radical (unpaired) electrons. The molecule has 0 saturated heterocycles. The van der Waals surface area contributed by atoms with Crippen molar-refractivity contribution in [2.45, 2.75) is 13.3 Å². The van der Waals surface area contributed by atoms with Crippen LogP contribution in [-0.4, -0.2) is 17.7 Å². The number of carbonyl (C=O) groups excluding carboxylic acids is 1. The summed E-state index contributed by atoms with van der Waals surface area (Å²) in [5.41, 5.74) is 0.403. The van der Waals surface area contributed by atoms with Crippen LogP contribution in [0, 0.1) is 0 Å². The molecule has 1 aromatic rings. The quantitative estimate of drug-likeness (QED) is 0.859. The number of phenolic OH excluding ortho intramolecular Hbond substituents is 1. The van der Waals surface area contributed by atoms with Crippen LogP contribution >= 0.6 is 31.9 Å². The second-order valence-corrected chi connectivity index (χ2v) is 4.63. The second-order valence-electron chi connectivity index (χ2n) is 2.92. The van der Waals surface area contributed by atoms with Crippen LogP contribution in [0.1, 0.15) is 23.7 Å². The molecule has 1 rings (SSSR count). The summed E-state index contributed by atoms with van der Waals surface area (Å²) in [7, 11) is 0. The van der Waals surface area contributed by atoms with E-state index in [1.54, 1.807) is 0 Å². The minimum Gasteiger partial charge on any atom is -0.506 e. The zero-order chi connectivity index (χ0) is 11.4. The van der Waals surface area contributed by atoms with Crippen LogP contribution in [0.2, 0.25) is 0 Å². The molecule has 0 aliphatic carbocycles. The molecule has 1 N–H and O–H groups in total. The molecule has 0 aliphatic rings. The fraction of sp³-hybridized carbons (Fsp3) is 0.300. The Labute approximate surface area is 105 Å². The van der Waals surface area contributed by atoms with Gasteiger partial charge in [-0.3, -0.25) is 0 Å². The SMILES string of the molecule is CCCOC(=O)c1cc(Br)c(O)c(Br)c1. The Morgan fingerprint density at radius 3 is 2.40 bits per heavy atom. The molecule has 0 aromatic heterocycles. The topological polar surface area (TPSA) is 46.5 Å². The van der Waals surface area contributed by atoms with Crippen molar-refractivity contribution in [3.05, 3.63) is 26.6 Å². The van der Waals surface area contributed by atoms with Crippen LogP contribution in [-0.2, 0) is 4.74 Å². The highest BCUT2D eigenvalue weighted by Gasteiger charge is 2.12. The summed E-state index contributed by atoms with van der Waals surface area (Å²) < 4.78 is 5.88. The fourth-order valence-corrected chi connectivity index (χ4v) is 2.15. The molecule has 5 heteroatoms. The molecule has 0 unspecified atom stereocenters. The van der Waals surface area contributed by atoms with Gasteiger partial charge in [0.05, 0.1) is 21.1 Å². The predicted octanol–water partition coefficient (Wildman–Crippen LogP) is 3.48. The molecule has 0 saturated carbocycles. The number of benzene rings is 1. The molecule has 0 aliphatic heterocycles. The van der Waals surface area contributed by atoms with Crippen molar-refractivity contribution < 1.29 is 14.6 Å². The van der Waals surface area contributed by atoms with Crippen LogP contribution in [0.4, 0.5) is 0 Å². The molecule has 0 amide bonds. The van der Waals surface area contributed by atoms with E-state index in [0.29, 0.717) is 21.1 Å². The highest BCUT2D eigenvalue weighted by atomic mass is 79.9. The van der Waals surface area contributed by atoms with Gasteiger partial charge in [0.2, 0.25) is 0 Å². The zero-order valence-electron chi connectivity index (χ0n) is 8.09. The fourth-order valence-electron chi connectivity index (χ4n) is 0.961. The normalized spacial score (nSPS) is 10.1. The van der Waals surface area contributed by atoms with Crippen molar-refractivity contribution in [3.63, 3.8) is 0 Å². The lowest BCUT2D eigenvalue weighted by Crippen LogP contribution is -2.05. The first-order valence-electron chi connectivity index (χ1n) is 4.41. The van der Waals surface area contributed by atoms with E-state index in [0.717, 1.165) is 6.42 Å². The number of halogens is 2. The first-order chi connectivity index (χ1) is 7.06. The Bertz CT molecular complexity index is 354. The zero-order valence-corrected chi connectivity index (χ0v) is 11.3. The maximum atomic E-state index is 11.5. The number of aromatic hydroxyl groups is 1. The summed E-state index contributed by atoms with van der Waals surface area (Å²) >= 11 is 6.29. The number of ether oxygens (including phenoxy) is 1. The van der Waals surface area contributed by atoms with Crippen molar-refractivity contribution in [3.8, 4) is 5.75 Å². The number of hydrogen-bond acceptors (Lipinski definition) is 3. The van der Waals surface area contributed by atoms with Gasteiger partial charge in [-0.15, -0.1) is 0 Å². The van der Waals surface area contributed by atoms with Crippen molar-refractivity contribution in [1.29, 1.82) is 0 Å². The molecular weight excluding hydrogens is 328 g/mol. The number of esters is 1. The number of phenols is 1. The van der Waals surface area contributed by atoms with Crippen molar-refractivity contribution >= 4 is 37.8 Å². The Hall–Kier alpha value is -0.550. The molecule has 3 nitrogen and oxygen atoms in total. The van der Waals surface area contributed by atoms with Gasteiger partial charge in [-0.25, -0.2) is 4.79 Å². The summed E-state index contributed by atoms with van der Waals surface area (Å²) in [4.78, 5) is 11.5. The van der Waals surface area contributed by atoms with Gasteiger partial charge in [0.1, 0.15) is 5.75 Å². The highest BCUT2D eigenvalue weighted by Crippen LogP contribution is 2.33. The minimum atomic E-state index is -0.391. The van der Waals surface area contributed by atoms with Gasteiger partial charge < -0.3 is 9.84 Å². The number of carbonyl (C=O) groups is 1. The molecule has 0 heterocycles. The van der Waals surface area contributed by atoms with E-state index in [2.05, 4.69) is 31.9 Å². The van der Waals surface area contributed by atoms with Gasteiger partial charge in [-0.2, -0.15) is 0 Å². The second kappa shape index (κ2) is 5.51. The van der Waals surface area contributed by atoms with Gasteiger partial charge in [-0.1, -0.05) is 6.92 Å². The van der Waals surface area contributed by atoms with Gasteiger partial charge >= 0.3 is 5.97 Å². The first kappa shape index (κ1) is 12.5. The van der Waals surface area contributed by atoms with Crippen LogP contribution in [0.25, 0.3) is 0 Å². The molecular formula is C10H10Br2O3. The summed E-state index contributed by atoms with van der Waals surface area (Å²) in [5.74, 6) is -0.319. The maximum absolute atomic E-state index is 11.5. The third-order valence-corrected chi connectivity index (χ3v) is 2.90. The molecule has 0 bridgehead atoms. The highest BCUT2D eigenvalue weighted by molar-refractivity contribution is 9.11. The smallest absolute Gasteiger partial charge is 0.338 e. The lowest BCUT2D eigenvalue weighted by atomic mass is 10.2. The third-order valence-electron chi connectivity index (χ3n) is 1.69. The standard InChI is InChI=1S/C10H10Br2O3/c1-2-3-15-10(14)6-4-7(11)9(13)8(12)5-6/h4-5,13H,2-3H2,1H3. The van der Waals surface area contributed by atoms with Crippen molar-refractivity contribution in [2.24, 2.45) is 0 Å². The van der Waals surface area contributed by atoms with Crippen LogP contribution in [0.15, 0.2) is 21.1 Å². The van der Waals surface area contributed by atoms with Crippen LogP contribution in [0.5, 0.6) is 5.75 Å². The van der Waals surface area contributed by atoms with Gasteiger partial charge in [0.15, 0.2) is 0 Å². The minimum absolute atomic E-state index is 0.0713. The van der Waals surface area contributed by atoms with Gasteiger partial charge in [0.25, 0.3) is 0 Å². The average molecular weight is 338 g/mol. The first-order valence-corrected chi connectivity index (χ1v) is 6.00. The molecule has 1 aromatic carbocycles. The monoisotopic (exact) mass is 336 g/mol. The molecule has 0 fully saturated rings. The van der Waals surface area contributed by atoms with E-state index in [1.807, 2.05) is 6.92 Å². The van der Waals surface area contributed by atoms with Crippen molar-refractivity contribution in [1.82, 2.24) is 0 Å². The van der Waals surface area contributed by atoms with E-state index in [-0.39, 0.29) is 5.75 Å². The van der Waals surface area contributed by atoms with Gasteiger partial charge in [-0.05, 0) is 50.4 Å². The van der Waals surface area contributed by atoms with Crippen molar-refractivity contribution in [2.75, 3.05) is 6.61 Å². The van der Waals surface area contributed by atoms with E-state index >= 15 is 0 Å². The third kappa shape index (κ3) is 3.21. The molecule has 0 atom stereocenters. The van der Waals surface area contributed by atoms with E-state index in [1.165, 1.54) is 12.1 Å². The summed E-state index contributed by atoms with van der Waals surface area (Å²) in [6.07, 6.45) is 0.784. The van der Waals surface area contributed by atoms with E-state index < -0.39 is 5.97 Å². The van der Waals surface area contributed by atoms with E-state index in [9.17, 15) is 9.90 Å². The molecule has 15 heavy (non-hydrogen) atoms. The number of hydrogen-bond donors (Lipinski definition) is 1. The van der Waals surface area contributed by atoms with Crippen LogP contribution < -0.4 is 0 Å². The van der Waals surface area contributed by atoms with Crippen LogP contribution in [0.3, 0.4) is 0 Å². The summed E-state index contributed by atoms with van der Waals surface area (Å²) in [6, 6.07) is 3.05. The largest absolute Gasteiger partial charge is 0.506 e. The Morgan fingerprint density at radius 2 is 1.93 bits per heavy atom. The lowest BCUT2D eigenvalue weighted by molar-refractivity contribution is 0.0505.